The number of aliphatic hydroxyl groups excluding tert-OH is 4. The smallest absolute Gasteiger partial charge is 0.335 e. The Labute approximate surface area is 245 Å². The minimum atomic E-state index is -1.84. The van der Waals surface area contributed by atoms with Gasteiger partial charge in [-0.1, -0.05) is 73.5 Å². The molecule has 222 valence electrons. The third-order valence-electron chi connectivity index (χ3n) is 7.35. The number of hydrogen-bond donors (Lipinski definition) is 5. The summed E-state index contributed by atoms with van der Waals surface area (Å²) in [6, 6.07) is 15.0. The topological polar surface area (TPSA) is 189 Å². The lowest BCUT2D eigenvalue weighted by molar-refractivity contribution is -0.249. The number of hydrogen-bond acceptors (Lipinski definition) is 10. The molecule has 0 spiro atoms. The van der Waals surface area contributed by atoms with Crippen LogP contribution in [0, 0.1) is 0 Å². The first-order chi connectivity index (χ1) is 20.2. The monoisotopic (exact) mass is 598 g/mol. The van der Waals surface area contributed by atoms with Gasteiger partial charge >= 0.3 is 5.97 Å². The maximum absolute atomic E-state index is 11.6. The Bertz CT molecular complexity index is 1540. The summed E-state index contributed by atoms with van der Waals surface area (Å²) in [5, 5.41) is 62.3. The number of rotatable bonds is 10. The number of unbranched alkanes of at least 4 members (excludes halogenated alkanes) is 1. The Morgan fingerprint density at radius 2 is 1.74 bits per heavy atom. The lowest BCUT2D eigenvalue weighted by Crippen LogP contribution is -2.58. The molecule has 14 heteroatoms. The average Bonchev–Trinajstić information content (AvgIpc) is 3.59. The van der Waals surface area contributed by atoms with E-state index >= 15 is 0 Å². The standard InChI is InChI=1S/C28H31ClN6O7/c1-2-3-8-20-30-25(29)19(14-36)34(20)13-15-9-11-16(12-10-15)17-6-4-5-7-18(17)26-31-32-33-35(26)27-23(39)21(37)22(38)24(42-27)28(40)41/h4-7,9-12,21-24,27,36-39H,2-3,8,13-14H2,1H3,(H,40,41)/t21-,22-,23+,24-,27+/m0/s1. The SMILES string of the molecule is CCCCc1nc(Cl)c(CO)n1Cc1ccc(-c2ccccc2-c2nnnn2[C@@H]2O[C@H](C(=O)O)[C@@H](O)[C@H](O)[C@H]2O)cc1. The molecule has 1 aliphatic rings. The Morgan fingerprint density at radius 1 is 1.02 bits per heavy atom. The maximum Gasteiger partial charge on any atom is 0.335 e. The zero-order chi connectivity index (χ0) is 30.0. The van der Waals surface area contributed by atoms with Gasteiger partial charge in [0.05, 0.1) is 12.3 Å². The molecule has 1 aliphatic heterocycles. The first kappa shape index (κ1) is 29.8. The maximum atomic E-state index is 11.6. The van der Waals surface area contributed by atoms with Gasteiger partial charge in [0.25, 0.3) is 0 Å². The Morgan fingerprint density at radius 3 is 2.40 bits per heavy atom. The zero-order valence-electron chi connectivity index (χ0n) is 22.7. The predicted molar refractivity (Wildman–Crippen MR) is 149 cm³/mol. The fraction of sp³-hybridized carbons (Fsp3) is 0.393. The number of ether oxygens (including phenoxy) is 1. The minimum absolute atomic E-state index is 0.160. The van der Waals surface area contributed by atoms with Crippen molar-refractivity contribution in [2.45, 2.75) is 70.0 Å². The molecule has 5 rings (SSSR count). The van der Waals surface area contributed by atoms with Crippen LogP contribution in [0.3, 0.4) is 0 Å². The van der Waals surface area contributed by atoms with Gasteiger partial charge in [0.1, 0.15) is 24.1 Å². The van der Waals surface area contributed by atoms with Crippen molar-refractivity contribution in [3.63, 3.8) is 0 Å². The molecule has 1 saturated heterocycles. The summed E-state index contributed by atoms with van der Waals surface area (Å²) in [5.74, 6) is -0.523. The van der Waals surface area contributed by atoms with Crippen LogP contribution in [-0.2, 0) is 29.1 Å². The van der Waals surface area contributed by atoms with Gasteiger partial charge < -0.3 is 34.8 Å². The number of carboxylic acid groups (broad SMARTS) is 1. The Balaban J connectivity index is 1.45. The van der Waals surface area contributed by atoms with Gasteiger partial charge in [0, 0.05) is 18.5 Å². The fourth-order valence-corrected chi connectivity index (χ4v) is 5.34. The Hall–Kier alpha value is -3.72. The number of aryl methyl sites for hydroxylation is 1. The summed E-state index contributed by atoms with van der Waals surface area (Å²) in [7, 11) is 0. The number of aromatic nitrogens is 6. The van der Waals surface area contributed by atoms with E-state index in [4.69, 9.17) is 16.3 Å². The molecule has 1 fully saturated rings. The van der Waals surface area contributed by atoms with E-state index < -0.39 is 36.6 Å². The molecule has 0 unspecified atom stereocenters. The molecule has 0 radical (unpaired) electrons. The van der Waals surface area contributed by atoms with E-state index in [0.717, 1.165) is 46.5 Å². The quantitative estimate of drug-likeness (QED) is 0.179. The molecular weight excluding hydrogens is 568 g/mol. The number of imidazole rings is 1. The van der Waals surface area contributed by atoms with Crippen LogP contribution in [0.5, 0.6) is 0 Å². The summed E-state index contributed by atoms with van der Waals surface area (Å²) in [4.78, 5) is 16.1. The third kappa shape index (κ3) is 5.67. The van der Waals surface area contributed by atoms with E-state index in [1.54, 1.807) is 12.1 Å². The molecule has 0 saturated carbocycles. The predicted octanol–water partition coefficient (Wildman–Crippen LogP) is 1.80. The van der Waals surface area contributed by atoms with Gasteiger partial charge in [-0.2, -0.15) is 4.68 Å². The number of tetrazole rings is 1. The minimum Gasteiger partial charge on any atom is -0.479 e. The first-order valence-corrected chi connectivity index (χ1v) is 13.9. The summed E-state index contributed by atoms with van der Waals surface area (Å²) in [5.41, 5.74) is 3.66. The van der Waals surface area contributed by atoms with Crippen molar-refractivity contribution in [1.82, 2.24) is 29.8 Å². The van der Waals surface area contributed by atoms with E-state index in [9.17, 15) is 30.3 Å². The lowest BCUT2D eigenvalue weighted by atomic mass is 9.96. The summed E-state index contributed by atoms with van der Waals surface area (Å²) in [6.07, 6.45) is -5.91. The van der Waals surface area contributed by atoms with Crippen molar-refractivity contribution in [1.29, 1.82) is 0 Å². The van der Waals surface area contributed by atoms with E-state index in [1.807, 2.05) is 41.0 Å². The second kappa shape index (κ2) is 12.7. The Kier molecular flexibility index (Phi) is 8.96. The highest BCUT2D eigenvalue weighted by molar-refractivity contribution is 6.30. The van der Waals surface area contributed by atoms with E-state index in [1.165, 1.54) is 0 Å². The van der Waals surface area contributed by atoms with Gasteiger partial charge in [-0.25, -0.2) is 9.78 Å². The van der Waals surface area contributed by atoms with E-state index in [0.29, 0.717) is 23.0 Å². The molecule has 0 bridgehead atoms. The zero-order valence-corrected chi connectivity index (χ0v) is 23.4. The largest absolute Gasteiger partial charge is 0.479 e. The fourth-order valence-electron chi connectivity index (χ4n) is 5.08. The van der Waals surface area contributed by atoms with Crippen LogP contribution in [0.2, 0.25) is 5.15 Å². The van der Waals surface area contributed by atoms with Gasteiger partial charge in [-0.05, 0) is 33.5 Å². The van der Waals surface area contributed by atoms with Crippen molar-refractivity contribution in [2.24, 2.45) is 0 Å². The van der Waals surface area contributed by atoms with Crippen LogP contribution in [0.4, 0.5) is 0 Å². The number of aliphatic hydroxyl groups is 4. The van der Waals surface area contributed by atoms with Crippen LogP contribution in [0.15, 0.2) is 48.5 Å². The number of halogens is 1. The van der Waals surface area contributed by atoms with Crippen LogP contribution in [0.25, 0.3) is 22.5 Å². The second-order valence-electron chi connectivity index (χ2n) is 10.1. The third-order valence-corrected chi connectivity index (χ3v) is 7.65. The van der Waals surface area contributed by atoms with Crippen LogP contribution in [-0.4, -0.2) is 85.7 Å². The van der Waals surface area contributed by atoms with Crippen molar-refractivity contribution >= 4 is 17.6 Å². The average molecular weight is 599 g/mol. The number of aliphatic carboxylic acids is 1. The first-order valence-electron chi connectivity index (χ1n) is 13.5. The number of carbonyl (C=O) groups is 1. The molecule has 4 aromatic rings. The summed E-state index contributed by atoms with van der Waals surface area (Å²) in [6.45, 7) is 2.35. The molecule has 13 nitrogen and oxygen atoms in total. The molecular formula is C28H31ClN6O7. The van der Waals surface area contributed by atoms with Gasteiger partial charge in [-0.15, -0.1) is 5.10 Å². The molecule has 3 heterocycles. The van der Waals surface area contributed by atoms with Crippen molar-refractivity contribution in [3.8, 4) is 22.5 Å². The second-order valence-corrected chi connectivity index (χ2v) is 10.4. The number of carboxylic acids is 1. The van der Waals surface area contributed by atoms with Crippen molar-refractivity contribution < 1.29 is 35.1 Å². The molecule has 2 aromatic carbocycles. The van der Waals surface area contributed by atoms with Crippen LogP contribution < -0.4 is 0 Å². The molecule has 0 aliphatic carbocycles. The van der Waals surface area contributed by atoms with E-state index in [-0.39, 0.29) is 12.4 Å². The molecule has 42 heavy (non-hydrogen) atoms. The van der Waals surface area contributed by atoms with E-state index in [2.05, 4.69) is 27.4 Å². The van der Waals surface area contributed by atoms with Gasteiger partial charge in [0.2, 0.25) is 0 Å². The molecule has 5 atom stereocenters. The van der Waals surface area contributed by atoms with Crippen molar-refractivity contribution in [2.75, 3.05) is 0 Å². The molecule has 0 amide bonds. The highest BCUT2D eigenvalue weighted by Gasteiger charge is 2.48. The normalized spacial score (nSPS) is 22.4. The number of benzene rings is 2. The van der Waals surface area contributed by atoms with Crippen LogP contribution >= 0.6 is 11.6 Å². The van der Waals surface area contributed by atoms with Gasteiger partial charge in [-0.3, -0.25) is 0 Å². The number of nitrogens with zero attached hydrogens (tertiary/aromatic N) is 6. The van der Waals surface area contributed by atoms with Crippen LogP contribution in [0.1, 0.15) is 43.1 Å². The molecule has 5 N–H and O–H groups in total. The summed E-state index contributed by atoms with van der Waals surface area (Å²) >= 11 is 6.29. The highest BCUT2D eigenvalue weighted by atomic mass is 35.5. The molecule has 2 aromatic heterocycles. The summed E-state index contributed by atoms with van der Waals surface area (Å²) < 4.78 is 8.49. The highest BCUT2D eigenvalue weighted by Crippen LogP contribution is 2.35. The van der Waals surface area contributed by atoms with Crippen molar-refractivity contribution in [3.05, 3.63) is 70.8 Å². The lowest BCUT2D eigenvalue weighted by Gasteiger charge is -2.38. The van der Waals surface area contributed by atoms with Gasteiger partial charge in [0.15, 0.2) is 23.3 Å².